The molecule has 0 spiro atoms. The Bertz CT molecular complexity index is 904. The summed E-state index contributed by atoms with van der Waals surface area (Å²) >= 11 is 1.31. The molecule has 3 rings (SSSR count). The lowest BCUT2D eigenvalue weighted by molar-refractivity contribution is -0.117. The topological polar surface area (TPSA) is 89.8 Å². The number of nitrogens with one attached hydrogen (secondary N) is 1. The van der Waals surface area contributed by atoms with Crippen LogP contribution in [0.15, 0.2) is 47.3 Å². The molecule has 0 atom stereocenters. The third-order valence-electron chi connectivity index (χ3n) is 3.25. The minimum Gasteiger partial charge on any atom is -0.299 e. The predicted molar refractivity (Wildman–Crippen MR) is 91.8 cm³/mol. The fourth-order valence-electron chi connectivity index (χ4n) is 2.07. The Hall–Kier alpha value is -2.87. The smallest absolute Gasteiger partial charge is 0.267 e. The molecule has 24 heavy (non-hydrogen) atoms. The second-order valence-electron chi connectivity index (χ2n) is 4.98. The van der Waals surface area contributed by atoms with E-state index >= 15 is 0 Å². The van der Waals surface area contributed by atoms with Gasteiger partial charge in [0.05, 0.1) is 5.69 Å². The van der Waals surface area contributed by atoms with Crippen molar-refractivity contribution < 1.29 is 4.79 Å². The van der Waals surface area contributed by atoms with Crippen molar-refractivity contribution >= 4 is 22.4 Å². The number of hydrogen-bond acceptors (Lipinski definition) is 6. The third-order valence-corrected chi connectivity index (χ3v) is 4.23. The number of anilines is 1. The molecule has 7 nitrogen and oxygen atoms in total. The lowest BCUT2D eigenvalue weighted by Gasteiger charge is -2.06. The van der Waals surface area contributed by atoms with Gasteiger partial charge in [0.1, 0.15) is 11.6 Å². The van der Waals surface area contributed by atoms with Gasteiger partial charge >= 0.3 is 0 Å². The number of benzene rings is 1. The van der Waals surface area contributed by atoms with E-state index in [-0.39, 0.29) is 18.0 Å². The predicted octanol–water partition coefficient (Wildman–Crippen LogP) is 1.96. The van der Waals surface area contributed by atoms with Gasteiger partial charge in [-0.3, -0.25) is 14.9 Å². The minimum atomic E-state index is -0.367. The highest BCUT2D eigenvalue weighted by molar-refractivity contribution is 7.15. The molecule has 0 saturated carbocycles. The first-order chi connectivity index (χ1) is 11.7. The first-order valence-electron chi connectivity index (χ1n) is 7.41. The first kappa shape index (κ1) is 16.0. The van der Waals surface area contributed by atoms with Crippen LogP contribution in [0.1, 0.15) is 11.9 Å². The van der Waals surface area contributed by atoms with Crippen molar-refractivity contribution in [1.82, 2.24) is 20.0 Å². The molecule has 1 amide bonds. The molecule has 0 aliphatic carbocycles. The number of carbonyl (C=O) groups is 1. The molecule has 0 aliphatic heterocycles. The van der Waals surface area contributed by atoms with E-state index in [1.165, 1.54) is 17.4 Å². The van der Waals surface area contributed by atoms with Crippen LogP contribution in [0.3, 0.4) is 0 Å². The lowest BCUT2D eigenvalue weighted by Crippen LogP contribution is -2.29. The van der Waals surface area contributed by atoms with Crippen LogP contribution in [0.4, 0.5) is 5.13 Å². The SMILES string of the molecule is CCc1nnc(NC(=O)Cn2nc(-c3ccccc3)ccc2=O)s1. The van der Waals surface area contributed by atoms with Crippen molar-refractivity contribution in [1.29, 1.82) is 0 Å². The minimum absolute atomic E-state index is 0.180. The second-order valence-corrected chi connectivity index (χ2v) is 6.05. The van der Waals surface area contributed by atoms with Crippen molar-refractivity contribution in [2.45, 2.75) is 19.9 Å². The highest BCUT2D eigenvalue weighted by atomic mass is 32.1. The molecule has 1 N–H and O–H groups in total. The molecule has 2 heterocycles. The van der Waals surface area contributed by atoms with Crippen molar-refractivity contribution in [3.63, 3.8) is 0 Å². The molecule has 0 aliphatic rings. The molecule has 0 radical (unpaired) electrons. The monoisotopic (exact) mass is 341 g/mol. The molecule has 8 heteroatoms. The Balaban J connectivity index is 1.76. The maximum atomic E-state index is 12.1. The maximum Gasteiger partial charge on any atom is 0.267 e. The van der Waals surface area contributed by atoms with E-state index in [9.17, 15) is 9.59 Å². The molecule has 0 saturated heterocycles. The largest absolute Gasteiger partial charge is 0.299 e. The number of aryl methyl sites for hydroxylation is 1. The maximum absolute atomic E-state index is 12.1. The molecule has 2 aromatic heterocycles. The van der Waals surface area contributed by atoms with Gasteiger partial charge < -0.3 is 0 Å². The average molecular weight is 341 g/mol. The Morgan fingerprint density at radius 3 is 2.67 bits per heavy atom. The second kappa shape index (κ2) is 7.14. The normalized spacial score (nSPS) is 10.5. The number of carbonyl (C=O) groups excluding carboxylic acids is 1. The summed E-state index contributed by atoms with van der Waals surface area (Å²) in [4.78, 5) is 24.0. The zero-order valence-electron chi connectivity index (χ0n) is 13.0. The molecular weight excluding hydrogens is 326 g/mol. The number of aromatic nitrogens is 4. The van der Waals surface area contributed by atoms with Crippen LogP contribution in [-0.4, -0.2) is 25.9 Å². The van der Waals surface area contributed by atoms with Crippen LogP contribution < -0.4 is 10.9 Å². The summed E-state index contributed by atoms with van der Waals surface area (Å²) in [6, 6.07) is 12.5. The fraction of sp³-hybridized carbons (Fsp3) is 0.188. The fourth-order valence-corrected chi connectivity index (χ4v) is 2.76. The Morgan fingerprint density at radius 1 is 1.17 bits per heavy atom. The number of amides is 1. The van der Waals surface area contributed by atoms with E-state index in [0.29, 0.717) is 10.8 Å². The quantitative estimate of drug-likeness (QED) is 0.766. The van der Waals surface area contributed by atoms with Crippen molar-refractivity contribution in [2.75, 3.05) is 5.32 Å². The average Bonchev–Trinajstić information content (AvgIpc) is 3.05. The molecule has 3 aromatic rings. The number of hydrogen-bond donors (Lipinski definition) is 1. The summed E-state index contributed by atoms with van der Waals surface area (Å²) in [6.45, 7) is 1.78. The lowest BCUT2D eigenvalue weighted by atomic mass is 10.1. The van der Waals surface area contributed by atoms with E-state index in [1.807, 2.05) is 37.3 Å². The Labute approximate surface area is 142 Å². The summed E-state index contributed by atoms with van der Waals surface area (Å²) in [6.07, 6.45) is 0.758. The highest BCUT2D eigenvalue weighted by Gasteiger charge is 2.10. The number of nitrogens with zero attached hydrogens (tertiary/aromatic N) is 4. The summed E-state index contributed by atoms with van der Waals surface area (Å²) in [7, 11) is 0. The molecule has 0 unspecified atom stereocenters. The number of rotatable bonds is 5. The van der Waals surface area contributed by atoms with E-state index in [1.54, 1.807) is 6.07 Å². The van der Waals surface area contributed by atoms with Gasteiger partial charge in [-0.1, -0.05) is 48.6 Å². The van der Waals surface area contributed by atoms with Crippen LogP contribution in [0.25, 0.3) is 11.3 Å². The van der Waals surface area contributed by atoms with Gasteiger partial charge in [0.15, 0.2) is 0 Å². The van der Waals surface area contributed by atoms with Gasteiger partial charge in [0.2, 0.25) is 11.0 Å². The van der Waals surface area contributed by atoms with E-state index in [4.69, 9.17) is 0 Å². The summed E-state index contributed by atoms with van der Waals surface area (Å²) in [5.41, 5.74) is 1.17. The van der Waals surface area contributed by atoms with Crippen LogP contribution in [0.2, 0.25) is 0 Å². The van der Waals surface area contributed by atoms with Crippen molar-refractivity contribution in [3.8, 4) is 11.3 Å². The van der Waals surface area contributed by atoms with E-state index in [0.717, 1.165) is 21.7 Å². The van der Waals surface area contributed by atoms with Gasteiger partial charge in [-0.15, -0.1) is 10.2 Å². The zero-order chi connectivity index (χ0) is 16.9. The third kappa shape index (κ3) is 3.72. The van der Waals surface area contributed by atoms with Gasteiger partial charge in [-0.05, 0) is 12.5 Å². The highest BCUT2D eigenvalue weighted by Crippen LogP contribution is 2.16. The van der Waals surface area contributed by atoms with Crippen LogP contribution in [0.5, 0.6) is 0 Å². The van der Waals surface area contributed by atoms with E-state index in [2.05, 4.69) is 20.6 Å². The van der Waals surface area contributed by atoms with Crippen molar-refractivity contribution in [2.24, 2.45) is 0 Å². The van der Waals surface area contributed by atoms with E-state index < -0.39 is 0 Å². The Kier molecular flexibility index (Phi) is 4.76. The molecule has 122 valence electrons. The van der Waals surface area contributed by atoms with Gasteiger partial charge in [-0.25, -0.2) is 4.68 Å². The summed E-state index contributed by atoms with van der Waals surface area (Å²) in [5, 5.41) is 16.0. The molecule has 0 fully saturated rings. The first-order valence-corrected chi connectivity index (χ1v) is 8.23. The van der Waals surface area contributed by atoms with Gasteiger partial charge in [0, 0.05) is 11.6 Å². The van der Waals surface area contributed by atoms with Crippen LogP contribution in [-0.2, 0) is 17.8 Å². The summed E-state index contributed by atoms with van der Waals surface area (Å²) < 4.78 is 1.14. The molecular formula is C16H15N5O2S. The van der Waals surface area contributed by atoms with Crippen LogP contribution >= 0.6 is 11.3 Å². The standard InChI is InChI=1S/C16H15N5O2S/c1-2-14-18-19-16(24-14)17-13(22)10-21-15(23)9-8-12(20-21)11-6-4-3-5-7-11/h3-9H,2,10H2,1H3,(H,17,19,22). The molecule has 0 bridgehead atoms. The van der Waals surface area contributed by atoms with Crippen LogP contribution in [0, 0.1) is 0 Å². The van der Waals surface area contributed by atoms with Gasteiger partial charge in [0.25, 0.3) is 5.56 Å². The molecule has 1 aromatic carbocycles. The Morgan fingerprint density at radius 2 is 1.96 bits per heavy atom. The van der Waals surface area contributed by atoms with Crippen molar-refractivity contribution in [3.05, 3.63) is 57.8 Å². The summed E-state index contributed by atoms with van der Waals surface area (Å²) in [5.74, 6) is -0.367. The van der Waals surface area contributed by atoms with Gasteiger partial charge in [-0.2, -0.15) is 5.10 Å². The zero-order valence-corrected chi connectivity index (χ0v) is 13.8.